The fraction of sp³-hybridized carbons (Fsp3) is 0. The number of furan rings is 2. The first-order valence-corrected chi connectivity index (χ1v) is 14.7. The minimum atomic E-state index is 0.645. The lowest BCUT2D eigenvalue weighted by atomic mass is 9.87. The second kappa shape index (κ2) is 9.46. The van der Waals surface area contributed by atoms with Gasteiger partial charge in [-0.1, -0.05) is 109 Å². The molecular weight excluding hydrogens is 538 g/mol. The predicted molar refractivity (Wildman–Crippen MR) is 180 cm³/mol. The summed E-state index contributed by atoms with van der Waals surface area (Å²) in [6.07, 6.45) is 0. The Kier molecular flexibility index (Phi) is 5.26. The summed E-state index contributed by atoms with van der Waals surface area (Å²) in [7, 11) is 0. The van der Waals surface area contributed by atoms with Crippen LogP contribution in [0.15, 0.2) is 148 Å². The summed E-state index contributed by atoms with van der Waals surface area (Å²) in [5.74, 6) is 0. The maximum absolute atomic E-state index is 9.55. The monoisotopic (exact) mass is 561 g/mol. The summed E-state index contributed by atoms with van der Waals surface area (Å²) in [6.45, 7) is 0. The normalized spacial score (nSPS) is 11.6. The number of hydrogen-bond acceptors (Lipinski definition) is 3. The van der Waals surface area contributed by atoms with Crippen LogP contribution in [0.1, 0.15) is 5.56 Å². The molecule has 0 unspecified atom stereocenters. The molecule has 0 aliphatic rings. The van der Waals surface area contributed by atoms with Gasteiger partial charge < -0.3 is 8.83 Å². The van der Waals surface area contributed by atoms with Crippen molar-refractivity contribution in [3.8, 4) is 39.4 Å². The zero-order chi connectivity index (χ0) is 29.2. The zero-order valence-corrected chi connectivity index (χ0v) is 23.5. The lowest BCUT2D eigenvalue weighted by Crippen LogP contribution is -1.90. The van der Waals surface area contributed by atoms with Gasteiger partial charge in [0.1, 0.15) is 22.3 Å². The first kappa shape index (κ1) is 24.5. The highest BCUT2D eigenvalue weighted by atomic mass is 16.3. The molecule has 0 aliphatic heterocycles. The van der Waals surface area contributed by atoms with Crippen molar-refractivity contribution in [2.24, 2.45) is 0 Å². The van der Waals surface area contributed by atoms with E-state index in [9.17, 15) is 5.26 Å². The maximum Gasteiger partial charge on any atom is 0.147 e. The number of para-hydroxylation sites is 2. The van der Waals surface area contributed by atoms with E-state index in [2.05, 4.69) is 103 Å². The Morgan fingerprint density at radius 3 is 1.61 bits per heavy atom. The summed E-state index contributed by atoms with van der Waals surface area (Å²) in [5.41, 5.74) is 10.4. The molecule has 0 amide bonds. The third-order valence-electron chi connectivity index (χ3n) is 8.72. The summed E-state index contributed by atoms with van der Waals surface area (Å²) in [4.78, 5) is 0. The van der Waals surface area contributed by atoms with Gasteiger partial charge in [-0.2, -0.15) is 5.26 Å². The molecule has 3 heteroatoms. The molecule has 0 saturated carbocycles. The van der Waals surface area contributed by atoms with Gasteiger partial charge in [0.25, 0.3) is 0 Å². The number of fused-ring (bicyclic) bond motifs is 7. The molecule has 0 fully saturated rings. The molecule has 9 aromatic rings. The molecule has 0 radical (unpaired) electrons. The smallest absolute Gasteiger partial charge is 0.147 e. The zero-order valence-electron chi connectivity index (χ0n) is 23.5. The average molecular weight is 562 g/mol. The fourth-order valence-corrected chi connectivity index (χ4v) is 6.76. The van der Waals surface area contributed by atoms with Crippen molar-refractivity contribution >= 4 is 54.6 Å². The van der Waals surface area contributed by atoms with E-state index in [1.54, 1.807) is 0 Å². The predicted octanol–water partition coefficient (Wildman–Crippen LogP) is 11.5. The van der Waals surface area contributed by atoms with E-state index in [1.165, 1.54) is 0 Å². The van der Waals surface area contributed by atoms with E-state index in [0.29, 0.717) is 5.56 Å². The van der Waals surface area contributed by atoms with Gasteiger partial charge in [0.2, 0.25) is 0 Å². The Labute approximate surface area is 252 Å². The summed E-state index contributed by atoms with van der Waals surface area (Å²) < 4.78 is 13.2. The molecule has 0 atom stereocenters. The van der Waals surface area contributed by atoms with E-state index in [1.807, 2.05) is 42.5 Å². The Bertz CT molecular complexity index is 2540. The number of benzene rings is 7. The van der Waals surface area contributed by atoms with Gasteiger partial charge in [-0.05, 0) is 68.9 Å². The minimum Gasteiger partial charge on any atom is -0.455 e. The van der Waals surface area contributed by atoms with Crippen molar-refractivity contribution in [3.05, 3.63) is 145 Å². The maximum atomic E-state index is 9.55. The van der Waals surface area contributed by atoms with E-state index in [0.717, 1.165) is 88.0 Å². The number of hydrogen-bond donors (Lipinski definition) is 0. The lowest BCUT2D eigenvalue weighted by Gasteiger charge is -2.16. The van der Waals surface area contributed by atoms with Crippen molar-refractivity contribution in [2.45, 2.75) is 0 Å². The molecule has 0 bridgehead atoms. The SMILES string of the molecule is N#Cc1cccc(-c2ccccc2-c2ccc(-c3c4oc5ccccc5c4cc4c3oc3ccccc34)c3ccccc23)c1. The highest BCUT2D eigenvalue weighted by molar-refractivity contribution is 6.24. The van der Waals surface area contributed by atoms with Crippen LogP contribution in [0.4, 0.5) is 0 Å². The number of nitriles is 1. The molecule has 2 aromatic heterocycles. The van der Waals surface area contributed by atoms with E-state index in [4.69, 9.17) is 8.83 Å². The van der Waals surface area contributed by atoms with Crippen LogP contribution in [0.3, 0.4) is 0 Å². The van der Waals surface area contributed by atoms with Gasteiger partial charge in [-0.3, -0.25) is 0 Å². The van der Waals surface area contributed by atoms with Crippen LogP contribution in [0.25, 0.3) is 88.0 Å². The topological polar surface area (TPSA) is 50.1 Å². The lowest BCUT2D eigenvalue weighted by molar-refractivity contribution is 0.658. The van der Waals surface area contributed by atoms with Crippen molar-refractivity contribution in [3.63, 3.8) is 0 Å². The first-order valence-electron chi connectivity index (χ1n) is 14.7. The highest BCUT2D eigenvalue weighted by Crippen LogP contribution is 2.47. The van der Waals surface area contributed by atoms with Gasteiger partial charge in [0.15, 0.2) is 0 Å². The van der Waals surface area contributed by atoms with Crippen LogP contribution in [0, 0.1) is 11.3 Å². The second-order valence-corrected chi connectivity index (χ2v) is 11.1. The Hall–Kier alpha value is -6.11. The van der Waals surface area contributed by atoms with E-state index < -0.39 is 0 Å². The Balaban J connectivity index is 1.37. The first-order chi connectivity index (χ1) is 21.8. The van der Waals surface area contributed by atoms with Crippen molar-refractivity contribution in [1.82, 2.24) is 0 Å². The van der Waals surface area contributed by atoms with E-state index >= 15 is 0 Å². The quantitative estimate of drug-likeness (QED) is 0.216. The molecule has 0 spiro atoms. The fourth-order valence-electron chi connectivity index (χ4n) is 6.76. The molecule has 2 heterocycles. The Morgan fingerprint density at radius 2 is 0.955 bits per heavy atom. The molecule has 0 aliphatic carbocycles. The summed E-state index contributed by atoms with van der Waals surface area (Å²) in [5, 5.41) is 16.1. The van der Waals surface area contributed by atoms with Gasteiger partial charge in [0, 0.05) is 21.5 Å². The number of nitrogens with zero attached hydrogens (tertiary/aromatic N) is 1. The van der Waals surface area contributed by atoms with Crippen LogP contribution in [0.2, 0.25) is 0 Å². The highest BCUT2D eigenvalue weighted by Gasteiger charge is 2.23. The largest absolute Gasteiger partial charge is 0.455 e. The van der Waals surface area contributed by atoms with Gasteiger partial charge in [-0.25, -0.2) is 0 Å². The average Bonchev–Trinajstić information content (AvgIpc) is 3.65. The van der Waals surface area contributed by atoms with Crippen LogP contribution in [0.5, 0.6) is 0 Å². The summed E-state index contributed by atoms with van der Waals surface area (Å²) >= 11 is 0. The van der Waals surface area contributed by atoms with Crippen molar-refractivity contribution in [1.29, 1.82) is 5.26 Å². The van der Waals surface area contributed by atoms with E-state index in [-0.39, 0.29) is 0 Å². The molecular formula is C41H23NO2. The van der Waals surface area contributed by atoms with Crippen LogP contribution in [-0.4, -0.2) is 0 Å². The summed E-state index contributed by atoms with van der Waals surface area (Å²) in [6, 6.07) is 50.1. The standard InChI is InChI=1S/C41H23NO2/c42-24-25-10-9-11-26(22-25)27-12-1-2-13-28(27)31-20-21-34(30-15-4-3-14-29(30)31)39-40-35(32-16-5-7-18-37(32)43-40)23-36-33-17-6-8-19-38(33)44-41(36)39/h1-23H. The molecule has 7 aromatic carbocycles. The van der Waals surface area contributed by atoms with Crippen molar-refractivity contribution in [2.75, 3.05) is 0 Å². The Morgan fingerprint density at radius 1 is 0.409 bits per heavy atom. The van der Waals surface area contributed by atoms with Crippen molar-refractivity contribution < 1.29 is 8.83 Å². The number of rotatable bonds is 3. The third kappa shape index (κ3) is 3.55. The minimum absolute atomic E-state index is 0.645. The van der Waals surface area contributed by atoms with Crippen LogP contribution < -0.4 is 0 Å². The van der Waals surface area contributed by atoms with Crippen LogP contribution >= 0.6 is 0 Å². The van der Waals surface area contributed by atoms with Gasteiger partial charge in [-0.15, -0.1) is 0 Å². The third-order valence-corrected chi connectivity index (χ3v) is 8.72. The second-order valence-electron chi connectivity index (χ2n) is 11.1. The molecule has 0 saturated heterocycles. The van der Waals surface area contributed by atoms with Gasteiger partial charge in [0.05, 0.1) is 17.2 Å². The van der Waals surface area contributed by atoms with Gasteiger partial charge >= 0.3 is 0 Å². The molecule has 0 N–H and O–H groups in total. The molecule has 3 nitrogen and oxygen atoms in total. The molecule has 44 heavy (non-hydrogen) atoms. The molecule has 9 rings (SSSR count). The van der Waals surface area contributed by atoms with Crippen LogP contribution in [-0.2, 0) is 0 Å². The molecule has 204 valence electrons.